The molecule has 0 bridgehead atoms. The highest BCUT2D eigenvalue weighted by atomic mass is 14.9. The monoisotopic (exact) mass is 257 g/mol. The minimum atomic E-state index is 0.715. The second-order valence-corrected chi connectivity index (χ2v) is 6.61. The predicted molar refractivity (Wildman–Crippen MR) is 81.5 cm³/mol. The van der Waals surface area contributed by atoms with Crippen LogP contribution in [0.15, 0.2) is 24.3 Å². The van der Waals surface area contributed by atoms with E-state index in [1.54, 1.807) is 11.1 Å². The highest BCUT2D eigenvalue weighted by molar-refractivity contribution is 5.41. The van der Waals surface area contributed by atoms with Gasteiger partial charge in [-0.2, -0.15) is 0 Å². The summed E-state index contributed by atoms with van der Waals surface area (Å²) in [5.74, 6) is 2.62. The number of fused-ring (bicyclic) bond motifs is 1. The second kappa shape index (κ2) is 5.66. The molecule has 1 heteroatoms. The van der Waals surface area contributed by atoms with Gasteiger partial charge in [-0.25, -0.2) is 0 Å². The molecule has 2 atom stereocenters. The fraction of sp³-hybridized carbons (Fsp3) is 0.667. The van der Waals surface area contributed by atoms with Crippen LogP contribution in [0.4, 0.5) is 0 Å². The zero-order valence-electron chi connectivity index (χ0n) is 12.4. The Kier molecular flexibility index (Phi) is 3.93. The Morgan fingerprint density at radius 2 is 1.89 bits per heavy atom. The van der Waals surface area contributed by atoms with Crippen LogP contribution in [0.3, 0.4) is 0 Å². The number of hydrogen-bond acceptors (Lipinski definition) is 1. The minimum Gasteiger partial charge on any atom is -0.313 e. The summed E-state index contributed by atoms with van der Waals surface area (Å²) in [6, 6.07) is 9.75. The van der Waals surface area contributed by atoms with Crippen molar-refractivity contribution >= 4 is 0 Å². The molecular weight excluding hydrogens is 230 g/mol. The van der Waals surface area contributed by atoms with Gasteiger partial charge in [0.25, 0.3) is 0 Å². The van der Waals surface area contributed by atoms with E-state index in [1.165, 1.54) is 32.1 Å². The molecule has 0 spiro atoms. The lowest BCUT2D eigenvalue weighted by Gasteiger charge is -2.43. The Hall–Kier alpha value is -0.820. The third-order valence-electron chi connectivity index (χ3n) is 5.34. The maximum atomic E-state index is 3.81. The molecule has 2 unspecified atom stereocenters. The van der Waals surface area contributed by atoms with Gasteiger partial charge in [0.2, 0.25) is 0 Å². The van der Waals surface area contributed by atoms with Crippen LogP contribution < -0.4 is 5.32 Å². The third-order valence-corrected chi connectivity index (χ3v) is 5.34. The zero-order valence-corrected chi connectivity index (χ0v) is 12.4. The lowest BCUT2D eigenvalue weighted by molar-refractivity contribution is 0.202. The quantitative estimate of drug-likeness (QED) is 0.855. The molecule has 0 saturated heterocycles. The van der Waals surface area contributed by atoms with Gasteiger partial charge in [-0.3, -0.25) is 0 Å². The molecular formula is C18H27N. The van der Waals surface area contributed by atoms with Gasteiger partial charge in [0.15, 0.2) is 0 Å². The van der Waals surface area contributed by atoms with Crippen molar-refractivity contribution in [3.63, 3.8) is 0 Å². The summed E-state index contributed by atoms with van der Waals surface area (Å²) in [6.07, 6.45) is 7.01. The number of nitrogens with one attached hydrogen (secondary N) is 1. The number of hydrogen-bond donors (Lipinski definition) is 1. The molecule has 1 aromatic carbocycles. The van der Waals surface area contributed by atoms with Gasteiger partial charge in [-0.1, -0.05) is 51.0 Å². The zero-order chi connectivity index (χ0) is 13.2. The van der Waals surface area contributed by atoms with Crippen LogP contribution in [0.2, 0.25) is 0 Å². The Morgan fingerprint density at radius 1 is 1.16 bits per heavy atom. The molecule has 0 aliphatic heterocycles. The lowest BCUT2D eigenvalue weighted by atomic mass is 9.66. The van der Waals surface area contributed by atoms with Crippen LogP contribution in [0.25, 0.3) is 0 Å². The van der Waals surface area contributed by atoms with Crippen LogP contribution in [-0.2, 0) is 6.42 Å². The van der Waals surface area contributed by atoms with Crippen molar-refractivity contribution in [3.8, 4) is 0 Å². The molecule has 2 aliphatic rings. The third kappa shape index (κ3) is 2.58. The average Bonchev–Trinajstić information content (AvgIpc) is 2.40. The van der Waals surface area contributed by atoms with Gasteiger partial charge in [0.1, 0.15) is 0 Å². The highest BCUT2D eigenvalue weighted by Crippen LogP contribution is 2.43. The van der Waals surface area contributed by atoms with Crippen molar-refractivity contribution in [3.05, 3.63) is 35.4 Å². The first-order valence-electron chi connectivity index (χ1n) is 8.10. The first-order valence-corrected chi connectivity index (χ1v) is 8.10. The van der Waals surface area contributed by atoms with Crippen molar-refractivity contribution < 1.29 is 0 Å². The van der Waals surface area contributed by atoms with E-state index in [9.17, 15) is 0 Å². The number of likely N-dealkylation sites (N-methyl/N-ethyl adjacent to an activating group) is 1. The SMILES string of the molecule is CCNC(C1CCC(C)CC1)C1Cc2ccccc21. The summed E-state index contributed by atoms with van der Waals surface area (Å²) >= 11 is 0. The van der Waals surface area contributed by atoms with E-state index in [-0.39, 0.29) is 0 Å². The molecule has 1 N–H and O–H groups in total. The van der Waals surface area contributed by atoms with Crippen molar-refractivity contribution in [1.29, 1.82) is 0 Å². The average molecular weight is 257 g/mol. The molecule has 0 aromatic heterocycles. The van der Waals surface area contributed by atoms with E-state index in [0.29, 0.717) is 6.04 Å². The van der Waals surface area contributed by atoms with E-state index >= 15 is 0 Å². The van der Waals surface area contributed by atoms with Gasteiger partial charge >= 0.3 is 0 Å². The highest BCUT2D eigenvalue weighted by Gasteiger charge is 2.37. The Labute approximate surface area is 117 Å². The van der Waals surface area contributed by atoms with Crippen LogP contribution in [0.1, 0.15) is 56.6 Å². The molecule has 19 heavy (non-hydrogen) atoms. The fourth-order valence-electron chi connectivity index (χ4n) is 4.14. The molecule has 104 valence electrons. The molecule has 0 radical (unpaired) electrons. The Morgan fingerprint density at radius 3 is 2.58 bits per heavy atom. The van der Waals surface area contributed by atoms with Crippen molar-refractivity contribution in [2.24, 2.45) is 11.8 Å². The summed E-state index contributed by atoms with van der Waals surface area (Å²) in [7, 11) is 0. The normalized spacial score (nSPS) is 31.4. The van der Waals surface area contributed by atoms with Crippen LogP contribution >= 0.6 is 0 Å². The summed E-state index contributed by atoms with van der Waals surface area (Å²) in [5.41, 5.74) is 3.20. The van der Waals surface area contributed by atoms with E-state index in [1.807, 2.05) is 0 Å². The predicted octanol–water partition coefficient (Wildman–Crippen LogP) is 4.13. The first-order chi connectivity index (χ1) is 9.29. The van der Waals surface area contributed by atoms with E-state index in [2.05, 4.69) is 43.4 Å². The summed E-state index contributed by atoms with van der Waals surface area (Å²) < 4.78 is 0. The van der Waals surface area contributed by atoms with E-state index < -0.39 is 0 Å². The number of benzene rings is 1. The summed E-state index contributed by atoms with van der Waals surface area (Å²) in [6.45, 7) is 5.77. The van der Waals surface area contributed by atoms with E-state index in [0.717, 1.165) is 24.3 Å². The molecule has 1 fully saturated rings. The first kappa shape index (κ1) is 13.2. The maximum absolute atomic E-state index is 3.81. The van der Waals surface area contributed by atoms with Gasteiger partial charge < -0.3 is 5.32 Å². The topological polar surface area (TPSA) is 12.0 Å². The van der Waals surface area contributed by atoms with Crippen LogP contribution in [0, 0.1) is 11.8 Å². The summed E-state index contributed by atoms with van der Waals surface area (Å²) in [4.78, 5) is 0. The van der Waals surface area contributed by atoms with Crippen molar-refractivity contribution in [2.75, 3.05) is 6.54 Å². The summed E-state index contributed by atoms with van der Waals surface area (Å²) in [5, 5.41) is 3.81. The van der Waals surface area contributed by atoms with Crippen molar-refractivity contribution in [2.45, 2.75) is 57.9 Å². The molecule has 1 nitrogen and oxygen atoms in total. The van der Waals surface area contributed by atoms with Gasteiger partial charge in [-0.15, -0.1) is 0 Å². The second-order valence-electron chi connectivity index (χ2n) is 6.61. The minimum absolute atomic E-state index is 0.715. The van der Waals surface area contributed by atoms with Crippen molar-refractivity contribution in [1.82, 2.24) is 5.32 Å². The maximum Gasteiger partial charge on any atom is 0.0167 e. The molecule has 0 amide bonds. The fourth-order valence-corrected chi connectivity index (χ4v) is 4.14. The van der Waals surface area contributed by atoms with Crippen LogP contribution in [-0.4, -0.2) is 12.6 Å². The molecule has 3 rings (SSSR count). The van der Waals surface area contributed by atoms with E-state index in [4.69, 9.17) is 0 Å². The van der Waals surface area contributed by atoms with Gasteiger partial charge in [-0.05, 0) is 48.8 Å². The standard InChI is InChI=1S/C18H27N/c1-3-19-18(14-10-8-13(2)9-11-14)17-12-15-6-4-5-7-16(15)17/h4-7,13-14,17-19H,3,8-12H2,1-2H3. The van der Waals surface area contributed by atoms with Gasteiger partial charge in [0.05, 0.1) is 0 Å². The lowest BCUT2D eigenvalue weighted by Crippen LogP contribution is -2.46. The molecule has 1 saturated carbocycles. The Bertz CT molecular complexity index is 417. The van der Waals surface area contributed by atoms with Crippen LogP contribution in [0.5, 0.6) is 0 Å². The molecule has 2 aliphatic carbocycles. The van der Waals surface area contributed by atoms with Gasteiger partial charge in [0, 0.05) is 12.0 Å². The smallest absolute Gasteiger partial charge is 0.0167 e. The Balaban J connectivity index is 1.72. The number of rotatable bonds is 4. The molecule has 1 aromatic rings. The largest absolute Gasteiger partial charge is 0.313 e. The molecule has 0 heterocycles.